The lowest BCUT2D eigenvalue weighted by atomic mass is 10.2. The van der Waals surface area contributed by atoms with Crippen molar-refractivity contribution in [2.75, 3.05) is 19.8 Å². The number of amides is 1. The highest BCUT2D eigenvalue weighted by molar-refractivity contribution is 6.30. The van der Waals surface area contributed by atoms with Crippen molar-refractivity contribution in [3.05, 3.63) is 53.1 Å². The Kier molecular flexibility index (Phi) is 9.15. The molecule has 28 heavy (non-hydrogen) atoms. The molecule has 0 heterocycles. The average Bonchev–Trinajstić information content (AvgIpc) is 2.71. The summed E-state index contributed by atoms with van der Waals surface area (Å²) >= 11 is 5.81. The Bertz CT molecular complexity index is 778. The number of ether oxygens (including phenoxy) is 3. The van der Waals surface area contributed by atoms with Gasteiger partial charge >= 0.3 is 0 Å². The number of benzene rings is 2. The van der Waals surface area contributed by atoms with Crippen molar-refractivity contribution in [3.63, 3.8) is 0 Å². The summed E-state index contributed by atoms with van der Waals surface area (Å²) in [5.41, 5.74) is 3.18. The number of hydrazone groups is 1. The second-order valence-electron chi connectivity index (χ2n) is 5.93. The molecule has 2 aromatic carbocycles. The van der Waals surface area contributed by atoms with Gasteiger partial charge in [-0.25, -0.2) is 5.43 Å². The Labute approximate surface area is 170 Å². The minimum absolute atomic E-state index is 0.151. The van der Waals surface area contributed by atoms with E-state index in [-0.39, 0.29) is 12.5 Å². The molecule has 0 aliphatic heterocycles. The zero-order valence-corrected chi connectivity index (χ0v) is 16.9. The van der Waals surface area contributed by atoms with Crippen LogP contribution in [-0.4, -0.2) is 31.9 Å². The number of nitrogens with one attached hydrogen (secondary N) is 1. The molecule has 0 aromatic heterocycles. The molecule has 0 unspecified atom stereocenters. The molecule has 0 fully saturated rings. The number of hydrogen-bond donors (Lipinski definition) is 1. The number of halogens is 1. The Hall–Kier alpha value is -2.73. The molecule has 0 aliphatic carbocycles. The molecule has 0 spiro atoms. The standard InChI is InChI=1S/C21H25ClN2O4/c1-3-11-26-19-8-5-16(20(13-19)27-12-4-2)14-23-24-21(25)15-28-18-9-6-17(22)7-10-18/h5-10,13-14H,3-4,11-12,15H2,1-2H3,(H,24,25)/b23-14-. The van der Waals surface area contributed by atoms with Crippen molar-refractivity contribution in [1.82, 2.24) is 5.43 Å². The van der Waals surface area contributed by atoms with Crippen LogP contribution in [0.1, 0.15) is 32.3 Å². The molecule has 7 heteroatoms. The van der Waals surface area contributed by atoms with Crippen molar-refractivity contribution < 1.29 is 19.0 Å². The minimum Gasteiger partial charge on any atom is -0.493 e. The van der Waals surface area contributed by atoms with Gasteiger partial charge in [0.1, 0.15) is 17.2 Å². The number of rotatable bonds is 11. The van der Waals surface area contributed by atoms with Crippen LogP contribution in [0.25, 0.3) is 0 Å². The molecule has 2 rings (SSSR count). The van der Waals surface area contributed by atoms with Crippen LogP contribution in [0.2, 0.25) is 5.02 Å². The summed E-state index contributed by atoms with van der Waals surface area (Å²) in [5, 5.41) is 4.59. The fourth-order valence-electron chi connectivity index (χ4n) is 2.15. The van der Waals surface area contributed by atoms with E-state index in [0.29, 0.717) is 29.7 Å². The van der Waals surface area contributed by atoms with Gasteiger partial charge in [-0.1, -0.05) is 25.4 Å². The van der Waals surface area contributed by atoms with E-state index < -0.39 is 0 Å². The number of carbonyl (C=O) groups excluding carboxylic acids is 1. The monoisotopic (exact) mass is 404 g/mol. The van der Waals surface area contributed by atoms with E-state index in [1.807, 2.05) is 25.1 Å². The SMILES string of the molecule is CCCOc1ccc(/C=N\NC(=O)COc2ccc(Cl)cc2)c(OCCC)c1. The van der Waals surface area contributed by atoms with Crippen LogP contribution in [0.5, 0.6) is 17.2 Å². The fraction of sp³-hybridized carbons (Fsp3) is 0.333. The smallest absolute Gasteiger partial charge is 0.277 e. The van der Waals surface area contributed by atoms with Gasteiger partial charge < -0.3 is 14.2 Å². The molecule has 6 nitrogen and oxygen atoms in total. The summed E-state index contributed by atoms with van der Waals surface area (Å²) in [4.78, 5) is 11.9. The van der Waals surface area contributed by atoms with Gasteiger partial charge in [0.25, 0.3) is 5.91 Å². The van der Waals surface area contributed by atoms with Crippen LogP contribution in [0.3, 0.4) is 0 Å². The lowest BCUT2D eigenvalue weighted by Gasteiger charge is -2.11. The van der Waals surface area contributed by atoms with Gasteiger partial charge in [0.05, 0.1) is 19.4 Å². The Morgan fingerprint density at radius 1 is 1.00 bits per heavy atom. The highest BCUT2D eigenvalue weighted by Crippen LogP contribution is 2.24. The van der Waals surface area contributed by atoms with E-state index in [9.17, 15) is 4.79 Å². The Morgan fingerprint density at radius 2 is 1.68 bits per heavy atom. The van der Waals surface area contributed by atoms with Crippen LogP contribution in [0.4, 0.5) is 0 Å². The lowest BCUT2D eigenvalue weighted by molar-refractivity contribution is -0.123. The number of carbonyl (C=O) groups is 1. The number of nitrogens with zero attached hydrogens (tertiary/aromatic N) is 1. The van der Waals surface area contributed by atoms with Crippen molar-refractivity contribution >= 4 is 23.7 Å². The third-order valence-corrected chi connectivity index (χ3v) is 3.75. The summed E-state index contributed by atoms with van der Waals surface area (Å²) in [6.07, 6.45) is 3.35. The topological polar surface area (TPSA) is 69.2 Å². The average molecular weight is 405 g/mol. The maximum atomic E-state index is 11.9. The van der Waals surface area contributed by atoms with Gasteiger partial charge in [0.2, 0.25) is 0 Å². The highest BCUT2D eigenvalue weighted by atomic mass is 35.5. The molecular weight excluding hydrogens is 380 g/mol. The van der Waals surface area contributed by atoms with Crippen LogP contribution in [0.15, 0.2) is 47.6 Å². The van der Waals surface area contributed by atoms with E-state index in [2.05, 4.69) is 17.5 Å². The van der Waals surface area contributed by atoms with Crippen molar-refractivity contribution in [2.24, 2.45) is 5.10 Å². The Morgan fingerprint density at radius 3 is 2.39 bits per heavy atom. The quantitative estimate of drug-likeness (QED) is 0.444. The third kappa shape index (κ3) is 7.48. The third-order valence-electron chi connectivity index (χ3n) is 3.50. The van der Waals surface area contributed by atoms with E-state index in [4.69, 9.17) is 25.8 Å². The molecule has 2 aromatic rings. The van der Waals surface area contributed by atoms with Gasteiger partial charge in [-0.2, -0.15) is 5.10 Å². The van der Waals surface area contributed by atoms with Gasteiger partial charge in [0.15, 0.2) is 6.61 Å². The molecule has 0 saturated heterocycles. The van der Waals surface area contributed by atoms with E-state index in [0.717, 1.165) is 24.2 Å². The van der Waals surface area contributed by atoms with E-state index in [1.165, 1.54) is 6.21 Å². The summed E-state index contributed by atoms with van der Waals surface area (Å²) in [7, 11) is 0. The van der Waals surface area contributed by atoms with E-state index in [1.54, 1.807) is 24.3 Å². The van der Waals surface area contributed by atoms with Gasteiger partial charge in [-0.05, 0) is 49.2 Å². The minimum atomic E-state index is -0.370. The normalized spacial score (nSPS) is 10.7. The summed E-state index contributed by atoms with van der Waals surface area (Å²) in [5.74, 6) is 1.59. The van der Waals surface area contributed by atoms with Crippen molar-refractivity contribution in [1.29, 1.82) is 0 Å². The molecular formula is C21H25ClN2O4. The van der Waals surface area contributed by atoms with Crippen LogP contribution < -0.4 is 19.6 Å². The lowest BCUT2D eigenvalue weighted by Crippen LogP contribution is -2.24. The zero-order chi connectivity index (χ0) is 20.2. The largest absolute Gasteiger partial charge is 0.493 e. The molecule has 0 radical (unpaired) electrons. The molecule has 0 atom stereocenters. The first-order valence-corrected chi connectivity index (χ1v) is 9.60. The van der Waals surface area contributed by atoms with Crippen LogP contribution >= 0.6 is 11.6 Å². The summed E-state index contributed by atoms with van der Waals surface area (Å²) in [6, 6.07) is 12.3. The first-order valence-electron chi connectivity index (χ1n) is 9.22. The van der Waals surface area contributed by atoms with Crippen LogP contribution in [0, 0.1) is 0 Å². The second kappa shape index (κ2) is 11.9. The maximum Gasteiger partial charge on any atom is 0.277 e. The fourth-order valence-corrected chi connectivity index (χ4v) is 2.28. The highest BCUT2D eigenvalue weighted by Gasteiger charge is 2.06. The predicted molar refractivity (Wildman–Crippen MR) is 111 cm³/mol. The molecule has 1 N–H and O–H groups in total. The van der Waals surface area contributed by atoms with Crippen molar-refractivity contribution in [3.8, 4) is 17.2 Å². The summed E-state index contributed by atoms with van der Waals surface area (Å²) < 4.78 is 16.8. The molecule has 0 bridgehead atoms. The molecule has 1 amide bonds. The predicted octanol–water partition coefficient (Wildman–Crippen LogP) is 4.45. The van der Waals surface area contributed by atoms with Gasteiger partial charge in [0, 0.05) is 16.7 Å². The van der Waals surface area contributed by atoms with E-state index >= 15 is 0 Å². The molecule has 0 saturated carbocycles. The van der Waals surface area contributed by atoms with Gasteiger partial charge in [-0.3, -0.25) is 4.79 Å². The number of hydrogen-bond acceptors (Lipinski definition) is 5. The molecule has 150 valence electrons. The first kappa shape index (κ1) is 21.6. The van der Waals surface area contributed by atoms with Crippen LogP contribution in [-0.2, 0) is 4.79 Å². The zero-order valence-electron chi connectivity index (χ0n) is 16.1. The maximum absolute atomic E-state index is 11.9. The summed E-state index contributed by atoms with van der Waals surface area (Å²) in [6.45, 7) is 5.16. The Balaban J connectivity index is 1.91. The first-order chi connectivity index (χ1) is 13.6. The van der Waals surface area contributed by atoms with Gasteiger partial charge in [-0.15, -0.1) is 0 Å². The molecule has 0 aliphatic rings. The second-order valence-corrected chi connectivity index (χ2v) is 6.37. The van der Waals surface area contributed by atoms with Crippen molar-refractivity contribution in [2.45, 2.75) is 26.7 Å².